The van der Waals surface area contributed by atoms with Gasteiger partial charge in [-0.1, -0.05) is 27.7 Å². The van der Waals surface area contributed by atoms with Gasteiger partial charge in [0.25, 0.3) is 0 Å². The SMILES string of the molecule is CC(CCO)SC(C)c1ncc(C(C)(C)C)o1. The van der Waals surface area contributed by atoms with Crippen LogP contribution in [0, 0.1) is 0 Å². The van der Waals surface area contributed by atoms with E-state index in [1.54, 1.807) is 11.8 Å². The van der Waals surface area contributed by atoms with Gasteiger partial charge >= 0.3 is 0 Å². The van der Waals surface area contributed by atoms with Crippen LogP contribution in [0.25, 0.3) is 0 Å². The average molecular weight is 257 g/mol. The van der Waals surface area contributed by atoms with Crippen LogP contribution >= 0.6 is 11.8 Å². The Labute approximate surface area is 108 Å². The van der Waals surface area contributed by atoms with Gasteiger partial charge in [0.15, 0.2) is 0 Å². The maximum absolute atomic E-state index is 8.88. The average Bonchev–Trinajstić information content (AvgIpc) is 2.65. The molecule has 1 heterocycles. The topological polar surface area (TPSA) is 46.3 Å². The number of hydrogen-bond acceptors (Lipinski definition) is 4. The quantitative estimate of drug-likeness (QED) is 0.876. The Kier molecular flexibility index (Phi) is 5.07. The second kappa shape index (κ2) is 5.91. The van der Waals surface area contributed by atoms with Crippen LogP contribution in [0.3, 0.4) is 0 Å². The van der Waals surface area contributed by atoms with E-state index in [4.69, 9.17) is 9.52 Å². The third-order valence-electron chi connectivity index (χ3n) is 2.58. The van der Waals surface area contributed by atoms with Crippen molar-refractivity contribution in [2.45, 2.75) is 57.0 Å². The van der Waals surface area contributed by atoms with E-state index >= 15 is 0 Å². The highest BCUT2D eigenvalue weighted by Crippen LogP contribution is 2.34. The van der Waals surface area contributed by atoms with Crippen molar-refractivity contribution in [3.8, 4) is 0 Å². The van der Waals surface area contributed by atoms with Crippen LogP contribution < -0.4 is 0 Å². The lowest BCUT2D eigenvalue weighted by Crippen LogP contribution is -2.09. The van der Waals surface area contributed by atoms with Gasteiger partial charge in [0.2, 0.25) is 5.89 Å². The van der Waals surface area contributed by atoms with Gasteiger partial charge in [0.1, 0.15) is 5.76 Å². The molecule has 2 unspecified atom stereocenters. The second-order valence-electron chi connectivity index (χ2n) is 5.41. The molecule has 1 rings (SSSR count). The third kappa shape index (κ3) is 4.36. The first-order valence-corrected chi connectivity index (χ1v) is 7.01. The van der Waals surface area contributed by atoms with Crippen LogP contribution in [-0.4, -0.2) is 21.9 Å². The summed E-state index contributed by atoms with van der Waals surface area (Å²) in [5, 5.41) is 9.52. The van der Waals surface area contributed by atoms with Crippen molar-refractivity contribution in [1.29, 1.82) is 0 Å². The molecule has 0 saturated heterocycles. The Hall–Kier alpha value is -0.480. The summed E-state index contributed by atoms with van der Waals surface area (Å²) in [5.41, 5.74) is 0.00630. The largest absolute Gasteiger partial charge is 0.444 e. The highest BCUT2D eigenvalue weighted by molar-refractivity contribution is 8.00. The van der Waals surface area contributed by atoms with Crippen LogP contribution in [0.4, 0.5) is 0 Å². The van der Waals surface area contributed by atoms with E-state index in [1.807, 2.05) is 6.20 Å². The molecule has 98 valence electrons. The highest BCUT2D eigenvalue weighted by atomic mass is 32.2. The number of rotatable bonds is 5. The number of thioether (sulfide) groups is 1. The summed E-state index contributed by atoms with van der Waals surface area (Å²) in [6.07, 6.45) is 2.63. The van der Waals surface area contributed by atoms with Crippen LogP contribution in [0.5, 0.6) is 0 Å². The van der Waals surface area contributed by atoms with Gasteiger partial charge in [-0.25, -0.2) is 4.98 Å². The van der Waals surface area contributed by atoms with E-state index in [2.05, 4.69) is 39.6 Å². The van der Waals surface area contributed by atoms with E-state index < -0.39 is 0 Å². The third-order valence-corrected chi connectivity index (χ3v) is 3.89. The van der Waals surface area contributed by atoms with Gasteiger partial charge < -0.3 is 9.52 Å². The van der Waals surface area contributed by atoms with Crippen molar-refractivity contribution in [3.05, 3.63) is 17.8 Å². The zero-order chi connectivity index (χ0) is 13.1. The fraction of sp³-hybridized carbons (Fsp3) is 0.769. The van der Waals surface area contributed by atoms with E-state index in [0.717, 1.165) is 18.1 Å². The Morgan fingerprint density at radius 2 is 2.06 bits per heavy atom. The number of nitrogens with zero attached hydrogens (tertiary/aromatic N) is 1. The van der Waals surface area contributed by atoms with Crippen LogP contribution in [-0.2, 0) is 5.41 Å². The Morgan fingerprint density at radius 1 is 1.41 bits per heavy atom. The minimum atomic E-state index is 0.00630. The van der Waals surface area contributed by atoms with E-state index in [9.17, 15) is 0 Å². The first-order valence-electron chi connectivity index (χ1n) is 6.07. The maximum Gasteiger partial charge on any atom is 0.207 e. The molecular weight excluding hydrogens is 234 g/mol. The van der Waals surface area contributed by atoms with Crippen LogP contribution in [0.2, 0.25) is 0 Å². The molecule has 0 bridgehead atoms. The number of aromatic nitrogens is 1. The maximum atomic E-state index is 8.88. The van der Waals surface area contributed by atoms with E-state index in [-0.39, 0.29) is 17.3 Å². The summed E-state index contributed by atoms with van der Waals surface area (Å²) in [4.78, 5) is 4.35. The highest BCUT2D eigenvalue weighted by Gasteiger charge is 2.22. The molecule has 0 spiro atoms. The zero-order valence-corrected chi connectivity index (χ0v) is 12.2. The molecule has 1 aromatic heterocycles. The van der Waals surface area contributed by atoms with Crippen LogP contribution in [0.15, 0.2) is 10.6 Å². The summed E-state index contributed by atoms with van der Waals surface area (Å²) in [6.45, 7) is 10.8. The number of oxazole rings is 1. The molecule has 0 amide bonds. The van der Waals surface area contributed by atoms with Crippen molar-refractivity contribution in [3.63, 3.8) is 0 Å². The van der Waals surface area contributed by atoms with Gasteiger partial charge in [-0.05, 0) is 13.3 Å². The van der Waals surface area contributed by atoms with Crippen molar-refractivity contribution in [2.24, 2.45) is 0 Å². The van der Waals surface area contributed by atoms with Gasteiger partial charge in [-0.2, -0.15) is 0 Å². The van der Waals surface area contributed by atoms with Crippen molar-refractivity contribution >= 4 is 11.8 Å². The predicted octanol–water partition coefficient (Wildman–Crippen LogP) is 3.54. The van der Waals surface area contributed by atoms with Crippen LogP contribution in [0.1, 0.15) is 57.9 Å². The Morgan fingerprint density at radius 3 is 2.53 bits per heavy atom. The molecule has 1 aromatic rings. The number of aliphatic hydroxyl groups excluding tert-OH is 1. The summed E-state index contributed by atoms with van der Waals surface area (Å²) >= 11 is 1.78. The fourth-order valence-corrected chi connectivity index (χ4v) is 2.64. The van der Waals surface area contributed by atoms with Crippen molar-refractivity contribution in [1.82, 2.24) is 4.98 Å². The second-order valence-corrected chi connectivity index (χ2v) is 7.20. The summed E-state index contributed by atoms with van der Waals surface area (Å²) < 4.78 is 5.79. The molecule has 1 N–H and O–H groups in total. The summed E-state index contributed by atoms with van der Waals surface area (Å²) in [6, 6.07) is 0. The lowest BCUT2D eigenvalue weighted by atomic mass is 9.94. The van der Waals surface area contributed by atoms with Gasteiger partial charge in [-0.3, -0.25) is 0 Å². The van der Waals surface area contributed by atoms with Gasteiger partial charge in [0.05, 0.1) is 11.4 Å². The minimum absolute atomic E-state index is 0.00630. The molecule has 4 heteroatoms. The predicted molar refractivity (Wildman–Crippen MR) is 72.4 cm³/mol. The molecule has 0 saturated carbocycles. The molecule has 0 aliphatic heterocycles. The Balaban J connectivity index is 2.64. The number of aliphatic hydroxyl groups is 1. The zero-order valence-electron chi connectivity index (χ0n) is 11.4. The standard InChI is InChI=1S/C13H23NO2S/c1-9(6-7-15)17-10(2)12-14-8-11(16-12)13(3,4)5/h8-10,15H,6-7H2,1-5H3. The molecule has 3 nitrogen and oxygen atoms in total. The first kappa shape index (κ1) is 14.6. The summed E-state index contributed by atoms with van der Waals surface area (Å²) in [7, 11) is 0. The lowest BCUT2D eigenvalue weighted by Gasteiger charge is -2.15. The van der Waals surface area contributed by atoms with Gasteiger partial charge in [-0.15, -0.1) is 11.8 Å². The fourth-order valence-electron chi connectivity index (χ4n) is 1.48. The van der Waals surface area contributed by atoms with Crippen molar-refractivity contribution < 1.29 is 9.52 Å². The normalized spacial score (nSPS) is 15.9. The first-order chi connectivity index (χ1) is 7.84. The number of hydrogen-bond donors (Lipinski definition) is 1. The van der Waals surface area contributed by atoms with E-state index in [0.29, 0.717) is 5.25 Å². The molecule has 0 radical (unpaired) electrons. The molecular formula is C13H23NO2S. The molecule has 2 atom stereocenters. The minimum Gasteiger partial charge on any atom is -0.444 e. The molecule has 0 aliphatic carbocycles. The molecule has 0 aromatic carbocycles. The Bertz CT molecular complexity index is 343. The monoisotopic (exact) mass is 257 g/mol. The molecule has 17 heavy (non-hydrogen) atoms. The smallest absolute Gasteiger partial charge is 0.207 e. The lowest BCUT2D eigenvalue weighted by molar-refractivity contribution is 0.288. The molecule has 0 aliphatic rings. The van der Waals surface area contributed by atoms with Gasteiger partial charge in [0, 0.05) is 17.3 Å². The molecule has 0 fully saturated rings. The van der Waals surface area contributed by atoms with E-state index in [1.165, 1.54) is 0 Å². The van der Waals surface area contributed by atoms with Crippen molar-refractivity contribution in [2.75, 3.05) is 6.61 Å². The summed E-state index contributed by atoms with van der Waals surface area (Å²) in [5.74, 6) is 1.71.